The molecule has 1 aliphatic heterocycles. The largest absolute Gasteiger partial charge is 0.313 e. The Morgan fingerprint density at radius 2 is 2.17 bits per heavy atom. The monoisotopic (exact) mass is 264 g/mol. The van der Waals surface area contributed by atoms with E-state index >= 15 is 0 Å². The molecule has 0 bridgehead atoms. The highest BCUT2D eigenvalue weighted by Crippen LogP contribution is 2.37. The summed E-state index contributed by atoms with van der Waals surface area (Å²) in [6.45, 7) is 2.35. The second-order valence-corrected chi connectivity index (χ2v) is 6.72. The van der Waals surface area contributed by atoms with E-state index in [-0.39, 0.29) is 0 Å². The van der Waals surface area contributed by atoms with Crippen molar-refractivity contribution in [1.29, 1.82) is 0 Å². The number of nitrogens with one attached hydrogen (secondary N) is 2. The van der Waals surface area contributed by atoms with Crippen LogP contribution in [-0.2, 0) is 0 Å². The zero-order valence-electron chi connectivity index (χ0n) is 11.0. The zero-order valence-corrected chi connectivity index (χ0v) is 11.8. The van der Waals surface area contributed by atoms with Crippen molar-refractivity contribution in [3.05, 3.63) is 22.4 Å². The molecule has 0 amide bonds. The highest BCUT2D eigenvalue weighted by molar-refractivity contribution is 7.10. The molecule has 100 valence electrons. The van der Waals surface area contributed by atoms with E-state index in [1.165, 1.54) is 45.1 Å². The normalized spacial score (nSPS) is 26.8. The van der Waals surface area contributed by atoms with Crippen LogP contribution in [0.5, 0.6) is 0 Å². The van der Waals surface area contributed by atoms with Crippen LogP contribution in [-0.4, -0.2) is 19.1 Å². The van der Waals surface area contributed by atoms with E-state index < -0.39 is 0 Å². The molecule has 3 rings (SSSR count). The van der Waals surface area contributed by atoms with Gasteiger partial charge >= 0.3 is 0 Å². The molecular formula is C15H24N2S. The van der Waals surface area contributed by atoms with Gasteiger partial charge in [0.2, 0.25) is 0 Å². The van der Waals surface area contributed by atoms with Gasteiger partial charge in [-0.25, -0.2) is 0 Å². The Balaban J connectivity index is 1.61. The molecule has 1 aromatic rings. The number of hydrogen-bond donors (Lipinski definition) is 2. The summed E-state index contributed by atoms with van der Waals surface area (Å²) >= 11 is 1.92. The average Bonchev–Trinajstić information content (AvgIpc) is 3.14. The smallest absolute Gasteiger partial charge is 0.0443 e. The second-order valence-electron chi connectivity index (χ2n) is 5.74. The predicted octanol–water partition coefficient (Wildman–Crippen LogP) is 3.32. The molecule has 1 saturated heterocycles. The lowest BCUT2D eigenvalue weighted by Crippen LogP contribution is -2.37. The average molecular weight is 264 g/mol. The molecule has 2 fully saturated rings. The molecule has 2 unspecified atom stereocenters. The minimum atomic E-state index is 0.606. The van der Waals surface area contributed by atoms with Crippen LogP contribution in [0.1, 0.15) is 49.4 Å². The molecule has 3 heteroatoms. The molecule has 2 N–H and O–H groups in total. The summed E-state index contributed by atoms with van der Waals surface area (Å²) in [5.41, 5.74) is 0. The summed E-state index contributed by atoms with van der Waals surface area (Å²) in [5, 5.41) is 9.66. The number of thiophene rings is 1. The van der Waals surface area contributed by atoms with Crippen molar-refractivity contribution in [3.8, 4) is 0 Å². The third kappa shape index (κ3) is 2.95. The zero-order chi connectivity index (χ0) is 12.2. The highest BCUT2D eigenvalue weighted by atomic mass is 32.1. The Labute approximate surface area is 114 Å². The summed E-state index contributed by atoms with van der Waals surface area (Å²) in [6.07, 6.45) is 8.36. The molecule has 2 nitrogen and oxygen atoms in total. The molecule has 0 aromatic carbocycles. The third-order valence-corrected chi connectivity index (χ3v) is 5.42. The molecule has 1 aliphatic carbocycles. The SMILES string of the molecule is c1csc(C(NCC2CCCN2)C2CCCC2)c1. The van der Waals surface area contributed by atoms with Crippen LogP contribution in [0.2, 0.25) is 0 Å². The van der Waals surface area contributed by atoms with Crippen LogP contribution < -0.4 is 10.6 Å². The van der Waals surface area contributed by atoms with Gasteiger partial charge in [-0.1, -0.05) is 18.9 Å². The van der Waals surface area contributed by atoms with Crippen molar-refractivity contribution in [2.24, 2.45) is 5.92 Å². The van der Waals surface area contributed by atoms with Crippen molar-refractivity contribution in [3.63, 3.8) is 0 Å². The fourth-order valence-corrected chi connectivity index (χ4v) is 4.35. The number of hydrogen-bond acceptors (Lipinski definition) is 3. The van der Waals surface area contributed by atoms with Gasteiger partial charge in [0.05, 0.1) is 0 Å². The van der Waals surface area contributed by atoms with Crippen LogP contribution in [0.15, 0.2) is 17.5 Å². The van der Waals surface area contributed by atoms with E-state index in [0.717, 1.165) is 12.5 Å². The van der Waals surface area contributed by atoms with Gasteiger partial charge in [0.25, 0.3) is 0 Å². The molecule has 18 heavy (non-hydrogen) atoms. The first kappa shape index (κ1) is 12.6. The Hall–Kier alpha value is -0.380. The minimum absolute atomic E-state index is 0.606. The van der Waals surface area contributed by atoms with E-state index in [9.17, 15) is 0 Å². The second kappa shape index (κ2) is 6.18. The van der Waals surface area contributed by atoms with Gasteiger partial charge < -0.3 is 10.6 Å². The molecule has 0 spiro atoms. The van der Waals surface area contributed by atoms with E-state index in [0.29, 0.717) is 12.1 Å². The van der Waals surface area contributed by atoms with Crippen LogP contribution in [0.3, 0.4) is 0 Å². The molecule has 1 saturated carbocycles. The maximum absolute atomic E-state index is 3.85. The first-order chi connectivity index (χ1) is 8.93. The Morgan fingerprint density at radius 1 is 1.28 bits per heavy atom. The molecule has 2 atom stereocenters. The standard InChI is InChI=1S/C15H24N2S/c1-2-6-12(5-1)15(14-8-4-10-18-14)17-11-13-7-3-9-16-13/h4,8,10,12-13,15-17H,1-3,5-7,9,11H2. The molecule has 2 aliphatic rings. The summed E-state index contributed by atoms with van der Waals surface area (Å²) in [4.78, 5) is 1.54. The summed E-state index contributed by atoms with van der Waals surface area (Å²) in [6, 6.07) is 5.81. The first-order valence-electron chi connectivity index (χ1n) is 7.43. The fraction of sp³-hybridized carbons (Fsp3) is 0.733. The van der Waals surface area contributed by atoms with E-state index in [1.54, 1.807) is 4.88 Å². The van der Waals surface area contributed by atoms with E-state index in [2.05, 4.69) is 28.1 Å². The lowest BCUT2D eigenvalue weighted by molar-refractivity contribution is 0.357. The Kier molecular flexibility index (Phi) is 4.34. The van der Waals surface area contributed by atoms with E-state index in [4.69, 9.17) is 0 Å². The van der Waals surface area contributed by atoms with Crippen molar-refractivity contribution in [2.45, 2.75) is 50.6 Å². The Morgan fingerprint density at radius 3 is 2.83 bits per heavy atom. The Bertz CT molecular complexity index is 337. The summed E-state index contributed by atoms with van der Waals surface area (Å²) in [5.74, 6) is 0.866. The lowest BCUT2D eigenvalue weighted by Gasteiger charge is -2.25. The van der Waals surface area contributed by atoms with Gasteiger partial charge in [0.15, 0.2) is 0 Å². The predicted molar refractivity (Wildman–Crippen MR) is 78.0 cm³/mol. The van der Waals surface area contributed by atoms with Crippen molar-refractivity contribution in [1.82, 2.24) is 10.6 Å². The first-order valence-corrected chi connectivity index (χ1v) is 8.31. The number of rotatable bonds is 5. The maximum atomic E-state index is 3.85. The van der Waals surface area contributed by atoms with Gasteiger partial charge in [-0.15, -0.1) is 11.3 Å². The summed E-state index contributed by atoms with van der Waals surface area (Å²) < 4.78 is 0. The fourth-order valence-electron chi connectivity index (χ4n) is 3.46. The minimum Gasteiger partial charge on any atom is -0.313 e. The van der Waals surface area contributed by atoms with Gasteiger partial charge in [-0.05, 0) is 49.6 Å². The molecule has 1 aromatic heterocycles. The molecule has 0 radical (unpaired) electrons. The van der Waals surface area contributed by atoms with Crippen molar-refractivity contribution >= 4 is 11.3 Å². The van der Waals surface area contributed by atoms with E-state index in [1.807, 2.05) is 11.3 Å². The lowest BCUT2D eigenvalue weighted by atomic mass is 9.96. The highest BCUT2D eigenvalue weighted by Gasteiger charge is 2.27. The van der Waals surface area contributed by atoms with Crippen LogP contribution in [0.25, 0.3) is 0 Å². The van der Waals surface area contributed by atoms with Crippen molar-refractivity contribution in [2.75, 3.05) is 13.1 Å². The molecule has 2 heterocycles. The van der Waals surface area contributed by atoms with Crippen LogP contribution >= 0.6 is 11.3 Å². The summed E-state index contributed by atoms with van der Waals surface area (Å²) in [7, 11) is 0. The molecular weight excluding hydrogens is 240 g/mol. The van der Waals surface area contributed by atoms with Gasteiger partial charge in [-0.2, -0.15) is 0 Å². The van der Waals surface area contributed by atoms with Gasteiger partial charge in [0.1, 0.15) is 0 Å². The maximum Gasteiger partial charge on any atom is 0.0443 e. The van der Waals surface area contributed by atoms with Crippen LogP contribution in [0, 0.1) is 5.92 Å². The van der Waals surface area contributed by atoms with Crippen LogP contribution in [0.4, 0.5) is 0 Å². The third-order valence-electron chi connectivity index (χ3n) is 4.47. The van der Waals surface area contributed by atoms with Gasteiger partial charge in [-0.3, -0.25) is 0 Å². The quantitative estimate of drug-likeness (QED) is 0.852. The topological polar surface area (TPSA) is 24.1 Å². The van der Waals surface area contributed by atoms with Crippen molar-refractivity contribution < 1.29 is 0 Å². The van der Waals surface area contributed by atoms with Gasteiger partial charge in [0, 0.05) is 23.5 Å².